The van der Waals surface area contributed by atoms with Gasteiger partial charge in [0.15, 0.2) is 0 Å². The first-order valence-electron chi connectivity index (χ1n) is 6.22. The smallest absolute Gasteiger partial charge is 0.127 e. The van der Waals surface area contributed by atoms with Crippen molar-refractivity contribution < 1.29 is 4.74 Å². The van der Waals surface area contributed by atoms with Crippen molar-refractivity contribution in [2.45, 2.75) is 38.5 Å². The number of benzene rings is 1. The third kappa shape index (κ3) is 2.71. The van der Waals surface area contributed by atoms with Gasteiger partial charge in [-0.15, -0.1) is 11.6 Å². The Hall–Kier alpha value is -0.400. The first-order valence-corrected chi connectivity index (χ1v) is 7.04. The molecule has 0 amide bonds. The molecule has 0 fully saturated rings. The predicted octanol–water partition coefficient (Wildman–Crippen LogP) is 4.99. The molecule has 1 aliphatic rings. The molecule has 0 saturated carbocycles. The van der Waals surface area contributed by atoms with Gasteiger partial charge in [-0.25, -0.2) is 0 Å². The molecule has 0 saturated heterocycles. The minimum atomic E-state index is -0.0134. The highest BCUT2D eigenvalue weighted by Gasteiger charge is 2.25. The fourth-order valence-corrected chi connectivity index (χ4v) is 2.95. The maximum absolute atomic E-state index is 6.55. The van der Waals surface area contributed by atoms with Gasteiger partial charge in [0, 0.05) is 17.0 Å². The monoisotopic (exact) mass is 272 g/mol. The Balaban J connectivity index is 2.31. The fourth-order valence-electron chi connectivity index (χ4n) is 2.41. The molecule has 1 aromatic carbocycles. The van der Waals surface area contributed by atoms with Crippen LogP contribution in [0.25, 0.3) is 0 Å². The lowest BCUT2D eigenvalue weighted by Crippen LogP contribution is -2.05. The van der Waals surface area contributed by atoms with Crippen LogP contribution in [-0.4, -0.2) is 6.61 Å². The highest BCUT2D eigenvalue weighted by Crippen LogP contribution is 2.42. The standard InChI is InChI=1S/C14H18Cl2O/c1-3-4-9(2)13(16)12-8-11(15)7-10-5-6-17-14(10)12/h7-9,13H,3-6H2,1-2H3. The largest absolute Gasteiger partial charge is 0.493 e. The normalized spacial score (nSPS) is 17.4. The third-order valence-electron chi connectivity index (χ3n) is 3.32. The molecule has 94 valence electrons. The molecule has 17 heavy (non-hydrogen) atoms. The first-order chi connectivity index (χ1) is 8.13. The van der Waals surface area contributed by atoms with Gasteiger partial charge in [-0.05, 0) is 30.0 Å². The number of hydrogen-bond acceptors (Lipinski definition) is 1. The van der Waals surface area contributed by atoms with E-state index >= 15 is 0 Å². The molecule has 0 N–H and O–H groups in total. The second-order valence-electron chi connectivity index (χ2n) is 4.75. The molecule has 0 aliphatic carbocycles. The first kappa shape index (κ1) is 13.0. The van der Waals surface area contributed by atoms with Crippen molar-refractivity contribution in [3.63, 3.8) is 0 Å². The van der Waals surface area contributed by atoms with Gasteiger partial charge >= 0.3 is 0 Å². The van der Waals surface area contributed by atoms with Gasteiger partial charge < -0.3 is 4.74 Å². The second-order valence-corrected chi connectivity index (χ2v) is 5.66. The van der Waals surface area contributed by atoms with E-state index in [1.165, 1.54) is 5.56 Å². The summed E-state index contributed by atoms with van der Waals surface area (Å²) in [7, 11) is 0. The minimum Gasteiger partial charge on any atom is -0.493 e. The quantitative estimate of drug-likeness (QED) is 0.702. The Kier molecular flexibility index (Phi) is 4.22. The Bertz CT molecular complexity index is 403. The van der Waals surface area contributed by atoms with Crippen molar-refractivity contribution in [2.75, 3.05) is 6.61 Å². The molecule has 2 atom stereocenters. The molecule has 0 spiro atoms. The lowest BCUT2D eigenvalue weighted by molar-refractivity contribution is 0.350. The lowest BCUT2D eigenvalue weighted by Gasteiger charge is -2.20. The third-order valence-corrected chi connectivity index (χ3v) is 4.20. The van der Waals surface area contributed by atoms with E-state index in [1.807, 2.05) is 12.1 Å². The van der Waals surface area contributed by atoms with Crippen molar-refractivity contribution >= 4 is 23.2 Å². The molecule has 1 aromatic rings. The van der Waals surface area contributed by atoms with Gasteiger partial charge in [0.05, 0.1) is 12.0 Å². The summed E-state index contributed by atoms with van der Waals surface area (Å²) in [6.45, 7) is 5.11. The van der Waals surface area contributed by atoms with Crippen LogP contribution in [-0.2, 0) is 6.42 Å². The van der Waals surface area contributed by atoms with Crippen molar-refractivity contribution in [2.24, 2.45) is 5.92 Å². The summed E-state index contributed by atoms with van der Waals surface area (Å²) >= 11 is 12.7. The average Bonchev–Trinajstić information content (AvgIpc) is 2.75. The van der Waals surface area contributed by atoms with Crippen LogP contribution >= 0.6 is 23.2 Å². The van der Waals surface area contributed by atoms with Crippen molar-refractivity contribution in [3.05, 3.63) is 28.3 Å². The summed E-state index contributed by atoms with van der Waals surface area (Å²) in [5.74, 6) is 1.41. The maximum Gasteiger partial charge on any atom is 0.127 e. The van der Waals surface area contributed by atoms with Gasteiger partial charge in [-0.1, -0.05) is 31.9 Å². The Morgan fingerprint density at radius 2 is 2.18 bits per heavy atom. The van der Waals surface area contributed by atoms with Crippen LogP contribution in [0.15, 0.2) is 12.1 Å². The van der Waals surface area contributed by atoms with Crippen LogP contribution in [0, 0.1) is 5.92 Å². The van der Waals surface area contributed by atoms with E-state index in [2.05, 4.69) is 13.8 Å². The zero-order valence-electron chi connectivity index (χ0n) is 10.3. The molecule has 1 aliphatic heterocycles. The number of fused-ring (bicyclic) bond motifs is 1. The molecule has 0 radical (unpaired) electrons. The zero-order valence-corrected chi connectivity index (χ0v) is 11.8. The number of rotatable bonds is 4. The number of hydrogen-bond donors (Lipinski definition) is 0. The Morgan fingerprint density at radius 3 is 2.88 bits per heavy atom. The van der Waals surface area contributed by atoms with Gasteiger partial charge in [0.1, 0.15) is 5.75 Å². The van der Waals surface area contributed by atoms with Gasteiger partial charge in [-0.2, -0.15) is 0 Å². The summed E-state index contributed by atoms with van der Waals surface area (Å²) < 4.78 is 5.69. The van der Waals surface area contributed by atoms with Gasteiger partial charge in [0.2, 0.25) is 0 Å². The number of halogens is 2. The molecular weight excluding hydrogens is 255 g/mol. The zero-order chi connectivity index (χ0) is 12.4. The molecule has 0 bridgehead atoms. The van der Waals surface area contributed by atoms with E-state index in [9.17, 15) is 0 Å². The van der Waals surface area contributed by atoms with Crippen LogP contribution in [0.4, 0.5) is 0 Å². The second kappa shape index (κ2) is 5.49. The highest BCUT2D eigenvalue weighted by atomic mass is 35.5. The van der Waals surface area contributed by atoms with E-state index in [1.54, 1.807) is 0 Å². The molecular formula is C14H18Cl2O. The average molecular weight is 273 g/mol. The molecule has 0 aromatic heterocycles. The Morgan fingerprint density at radius 1 is 1.41 bits per heavy atom. The predicted molar refractivity (Wildman–Crippen MR) is 73.3 cm³/mol. The summed E-state index contributed by atoms with van der Waals surface area (Å²) in [4.78, 5) is 0. The SMILES string of the molecule is CCCC(C)C(Cl)c1cc(Cl)cc2c1OCC2. The summed E-state index contributed by atoms with van der Waals surface area (Å²) in [5.41, 5.74) is 2.26. The number of ether oxygens (including phenoxy) is 1. The summed E-state index contributed by atoms with van der Waals surface area (Å²) in [6, 6.07) is 3.94. The lowest BCUT2D eigenvalue weighted by atomic mass is 9.94. The van der Waals surface area contributed by atoms with Crippen LogP contribution in [0.2, 0.25) is 5.02 Å². The van der Waals surface area contributed by atoms with Gasteiger partial charge in [-0.3, -0.25) is 0 Å². The summed E-state index contributed by atoms with van der Waals surface area (Å²) in [6.07, 6.45) is 3.21. The fraction of sp³-hybridized carbons (Fsp3) is 0.571. The molecule has 2 unspecified atom stereocenters. The van der Waals surface area contributed by atoms with Crippen LogP contribution in [0.3, 0.4) is 0 Å². The van der Waals surface area contributed by atoms with Crippen LogP contribution in [0.5, 0.6) is 5.75 Å². The van der Waals surface area contributed by atoms with E-state index in [0.717, 1.165) is 42.2 Å². The molecule has 2 rings (SSSR count). The number of alkyl halides is 1. The minimum absolute atomic E-state index is 0.0134. The maximum atomic E-state index is 6.55. The molecule has 3 heteroatoms. The van der Waals surface area contributed by atoms with Crippen molar-refractivity contribution in [3.8, 4) is 5.75 Å². The van der Waals surface area contributed by atoms with Crippen molar-refractivity contribution in [1.82, 2.24) is 0 Å². The topological polar surface area (TPSA) is 9.23 Å². The van der Waals surface area contributed by atoms with E-state index < -0.39 is 0 Å². The van der Waals surface area contributed by atoms with E-state index in [4.69, 9.17) is 27.9 Å². The van der Waals surface area contributed by atoms with Crippen LogP contribution in [0.1, 0.15) is 43.2 Å². The van der Waals surface area contributed by atoms with Gasteiger partial charge in [0.25, 0.3) is 0 Å². The highest BCUT2D eigenvalue weighted by molar-refractivity contribution is 6.31. The molecule has 1 nitrogen and oxygen atoms in total. The van der Waals surface area contributed by atoms with E-state index in [0.29, 0.717) is 5.92 Å². The summed E-state index contributed by atoms with van der Waals surface area (Å²) in [5, 5.41) is 0.749. The van der Waals surface area contributed by atoms with E-state index in [-0.39, 0.29) is 5.38 Å². The van der Waals surface area contributed by atoms with Crippen LogP contribution < -0.4 is 4.74 Å². The van der Waals surface area contributed by atoms with Crippen molar-refractivity contribution in [1.29, 1.82) is 0 Å². The molecule has 1 heterocycles. The Labute approximate surface area is 113 Å².